The molecule has 0 saturated heterocycles. The van der Waals surface area contributed by atoms with Gasteiger partial charge in [-0.1, -0.05) is 42.5 Å². The highest BCUT2D eigenvalue weighted by Crippen LogP contribution is 2.39. The van der Waals surface area contributed by atoms with Crippen molar-refractivity contribution in [1.82, 2.24) is 14.4 Å². The van der Waals surface area contributed by atoms with Crippen LogP contribution in [0.15, 0.2) is 84.0 Å². The third-order valence-corrected chi connectivity index (χ3v) is 6.40. The number of rotatable bonds is 6. The Bertz CT molecular complexity index is 1830. The summed E-state index contributed by atoms with van der Waals surface area (Å²) < 4.78 is 15.6. The average molecular weight is 521 g/mol. The number of aromatic nitrogens is 3. The molecule has 0 aliphatic heterocycles. The highest BCUT2D eigenvalue weighted by molar-refractivity contribution is 5.92. The largest absolute Gasteiger partial charge is 0.478 e. The zero-order chi connectivity index (χ0) is 27.7. The van der Waals surface area contributed by atoms with E-state index in [1.165, 1.54) is 35.0 Å². The first kappa shape index (κ1) is 25.1. The number of halogens is 1. The van der Waals surface area contributed by atoms with Crippen molar-refractivity contribution < 1.29 is 14.3 Å². The molecular weight excluding hydrogens is 499 g/mol. The SMILES string of the molecule is CC(Nc1ncnc(N)c1C#N)c1c(-c2ccccc2)c(=O)n2cc(F)ccc2c1-c1ccc(C(=O)O)cc1. The lowest BCUT2D eigenvalue weighted by Crippen LogP contribution is -2.23. The summed E-state index contributed by atoms with van der Waals surface area (Å²) >= 11 is 0. The molecule has 5 aromatic rings. The number of pyridine rings is 2. The minimum atomic E-state index is -1.08. The number of nitrogens with zero attached hydrogens (tertiary/aromatic N) is 4. The van der Waals surface area contributed by atoms with Gasteiger partial charge in [0.2, 0.25) is 0 Å². The average Bonchev–Trinajstić information content (AvgIpc) is 2.94. The van der Waals surface area contributed by atoms with Gasteiger partial charge in [0.25, 0.3) is 5.56 Å². The van der Waals surface area contributed by atoms with Crippen LogP contribution >= 0.6 is 0 Å². The molecule has 9 nitrogen and oxygen atoms in total. The summed E-state index contributed by atoms with van der Waals surface area (Å²) in [4.78, 5) is 33.5. The Labute approximate surface area is 221 Å². The van der Waals surface area contributed by atoms with Crippen LogP contribution < -0.4 is 16.6 Å². The van der Waals surface area contributed by atoms with E-state index in [0.717, 1.165) is 6.20 Å². The van der Waals surface area contributed by atoms with E-state index < -0.39 is 23.4 Å². The van der Waals surface area contributed by atoms with Gasteiger partial charge >= 0.3 is 5.97 Å². The minimum absolute atomic E-state index is 0.00372. The summed E-state index contributed by atoms with van der Waals surface area (Å²) in [6.07, 6.45) is 2.35. The van der Waals surface area contributed by atoms with Crippen LogP contribution in [-0.4, -0.2) is 25.4 Å². The van der Waals surface area contributed by atoms with Crippen LogP contribution in [0.4, 0.5) is 16.0 Å². The normalized spacial score (nSPS) is 11.6. The first-order valence-electron chi connectivity index (χ1n) is 11.8. The molecule has 2 aromatic carbocycles. The fourth-order valence-electron chi connectivity index (χ4n) is 4.64. The fourth-order valence-corrected chi connectivity index (χ4v) is 4.64. The number of aromatic carboxylic acids is 1. The summed E-state index contributed by atoms with van der Waals surface area (Å²) in [5.74, 6) is -1.49. The van der Waals surface area contributed by atoms with Crippen molar-refractivity contribution in [2.24, 2.45) is 0 Å². The van der Waals surface area contributed by atoms with Crippen molar-refractivity contribution >= 4 is 23.1 Å². The molecule has 10 heteroatoms. The lowest BCUT2D eigenvalue weighted by Gasteiger charge is -2.24. The van der Waals surface area contributed by atoms with E-state index in [2.05, 4.69) is 15.3 Å². The summed E-state index contributed by atoms with van der Waals surface area (Å²) in [7, 11) is 0. The van der Waals surface area contributed by atoms with Crippen LogP contribution in [0, 0.1) is 17.1 Å². The Balaban J connectivity index is 1.87. The Kier molecular flexibility index (Phi) is 6.48. The van der Waals surface area contributed by atoms with Crippen molar-refractivity contribution in [1.29, 1.82) is 5.26 Å². The van der Waals surface area contributed by atoms with Crippen molar-refractivity contribution in [2.45, 2.75) is 13.0 Å². The number of benzene rings is 2. The number of carbonyl (C=O) groups is 1. The molecule has 0 saturated carbocycles. The highest BCUT2D eigenvalue weighted by Gasteiger charge is 2.26. The number of carboxylic acids is 1. The molecular formula is C29H21FN6O3. The Hall–Kier alpha value is -5.56. The monoisotopic (exact) mass is 520 g/mol. The minimum Gasteiger partial charge on any atom is -0.478 e. The Morgan fingerprint density at radius 2 is 1.74 bits per heavy atom. The number of nitrogens with one attached hydrogen (secondary N) is 1. The molecule has 0 fully saturated rings. The van der Waals surface area contributed by atoms with E-state index in [-0.39, 0.29) is 22.8 Å². The zero-order valence-corrected chi connectivity index (χ0v) is 20.6. The van der Waals surface area contributed by atoms with E-state index in [1.807, 2.05) is 12.1 Å². The third-order valence-electron chi connectivity index (χ3n) is 6.40. The van der Waals surface area contributed by atoms with Gasteiger partial charge in [0.15, 0.2) is 0 Å². The van der Waals surface area contributed by atoms with Crippen molar-refractivity contribution in [3.05, 3.63) is 112 Å². The first-order chi connectivity index (χ1) is 18.8. The molecule has 0 bridgehead atoms. The number of hydrogen-bond donors (Lipinski definition) is 3. The van der Waals surface area contributed by atoms with Gasteiger partial charge in [-0.15, -0.1) is 0 Å². The van der Waals surface area contributed by atoms with Gasteiger partial charge < -0.3 is 16.2 Å². The van der Waals surface area contributed by atoms with Crippen molar-refractivity contribution in [3.63, 3.8) is 0 Å². The number of hydrogen-bond acceptors (Lipinski definition) is 7. The summed E-state index contributed by atoms with van der Waals surface area (Å²) in [6, 6.07) is 19.3. The molecule has 0 aliphatic rings. The molecule has 0 radical (unpaired) electrons. The second-order valence-electron chi connectivity index (χ2n) is 8.78. The predicted molar refractivity (Wildman–Crippen MR) is 145 cm³/mol. The quantitative estimate of drug-likeness (QED) is 0.287. The number of nitriles is 1. The van der Waals surface area contributed by atoms with Gasteiger partial charge in [0.1, 0.15) is 35.4 Å². The molecule has 3 heterocycles. The van der Waals surface area contributed by atoms with Crippen LogP contribution in [-0.2, 0) is 0 Å². The van der Waals surface area contributed by atoms with Gasteiger partial charge in [-0.25, -0.2) is 19.2 Å². The van der Waals surface area contributed by atoms with Crippen molar-refractivity contribution in [2.75, 3.05) is 11.1 Å². The van der Waals surface area contributed by atoms with Gasteiger partial charge in [-0.05, 0) is 47.9 Å². The topological polar surface area (TPSA) is 146 Å². The van der Waals surface area contributed by atoms with Crippen LogP contribution in [0.25, 0.3) is 27.8 Å². The number of nitrogens with two attached hydrogens (primary N) is 1. The van der Waals surface area contributed by atoms with Gasteiger partial charge in [-0.3, -0.25) is 9.20 Å². The summed E-state index contributed by atoms with van der Waals surface area (Å²) in [6.45, 7) is 1.80. The number of nitrogen functional groups attached to an aromatic ring is 1. The molecule has 192 valence electrons. The third kappa shape index (κ3) is 4.53. The second-order valence-corrected chi connectivity index (χ2v) is 8.78. The maximum atomic E-state index is 14.4. The Morgan fingerprint density at radius 1 is 1.05 bits per heavy atom. The van der Waals surface area contributed by atoms with Crippen LogP contribution in [0.1, 0.15) is 34.5 Å². The number of anilines is 2. The molecule has 0 amide bonds. The number of fused-ring (bicyclic) bond motifs is 1. The number of carboxylic acid groups (broad SMARTS) is 1. The molecule has 4 N–H and O–H groups in total. The zero-order valence-electron chi connectivity index (χ0n) is 20.6. The fraction of sp³-hybridized carbons (Fsp3) is 0.0690. The predicted octanol–water partition coefficient (Wildman–Crippen LogP) is 4.89. The van der Waals surface area contributed by atoms with E-state index in [9.17, 15) is 24.3 Å². The maximum absolute atomic E-state index is 14.4. The molecule has 1 unspecified atom stereocenters. The molecule has 39 heavy (non-hydrogen) atoms. The van der Waals surface area contributed by atoms with E-state index in [4.69, 9.17) is 5.73 Å². The lowest BCUT2D eigenvalue weighted by molar-refractivity contribution is 0.0697. The first-order valence-corrected chi connectivity index (χ1v) is 11.8. The molecule has 0 spiro atoms. The lowest BCUT2D eigenvalue weighted by atomic mass is 9.88. The highest BCUT2D eigenvalue weighted by atomic mass is 19.1. The van der Waals surface area contributed by atoms with Gasteiger partial charge in [0, 0.05) is 11.8 Å². The standard InChI is InChI=1S/C29H21FN6O3/c1-16(35-27-21(13-31)26(32)33-15-34-27)23-24(18-7-9-19(10-8-18)29(38)39)22-12-11-20(30)14-36(22)28(37)25(23)17-5-3-2-4-6-17/h2-12,14-16H,1H3,(H,38,39)(H3,32,33,34,35). The maximum Gasteiger partial charge on any atom is 0.335 e. The molecule has 0 aliphatic carbocycles. The van der Waals surface area contributed by atoms with Gasteiger partial charge in [0.05, 0.1) is 22.7 Å². The summed E-state index contributed by atoms with van der Waals surface area (Å²) in [5, 5.41) is 22.3. The molecule has 5 rings (SSSR count). The van der Waals surface area contributed by atoms with E-state index >= 15 is 0 Å². The smallest absolute Gasteiger partial charge is 0.335 e. The summed E-state index contributed by atoms with van der Waals surface area (Å²) in [5.41, 5.74) is 8.61. The van der Waals surface area contributed by atoms with E-state index in [0.29, 0.717) is 33.3 Å². The Morgan fingerprint density at radius 3 is 2.41 bits per heavy atom. The van der Waals surface area contributed by atoms with Crippen LogP contribution in [0.3, 0.4) is 0 Å². The van der Waals surface area contributed by atoms with Crippen LogP contribution in [0.2, 0.25) is 0 Å². The molecule has 3 aromatic heterocycles. The van der Waals surface area contributed by atoms with Crippen molar-refractivity contribution in [3.8, 4) is 28.3 Å². The second kappa shape index (κ2) is 10.1. The molecule has 1 atom stereocenters. The van der Waals surface area contributed by atoms with E-state index in [1.54, 1.807) is 43.3 Å². The van der Waals surface area contributed by atoms with Crippen LogP contribution in [0.5, 0.6) is 0 Å². The van der Waals surface area contributed by atoms with Gasteiger partial charge in [-0.2, -0.15) is 5.26 Å².